The molecular weight excluding hydrogens is 445 g/mol. The van der Waals surface area contributed by atoms with Crippen molar-refractivity contribution in [1.29, 1.82) is 0 Å². The van der Waals surface area contributed by atoms with Crippen molar-refractivity contribution in [1.82, 2.24) is 14.7 Å². The summed E-state index contributed by atoms with van der Waals surface area (Å²) in [5.74, 6) is 0.745. The Morgan fingerprint density at radius 1 is 1.19 bits per heavy atom. The van der Waals surface area contributed by atoms with E-state index in [1.807, 2.05) is 40.1 Å². The molecule has 32 heavy (non-hydrogen) atoms. The highest BCUT2D eigenvalue weighted by atomic mass is 35.5. The quantitative estimate of drug-likeness (QED) is 0.698. The van der Waals surface area contributed by atoms with Crippen molar-refractivity contribution in [3.05, 3.63) is 76.6 Å². The van der Waals surface area contributed by atoms with Crippen LogP contribution in [0.3, 0.4) is 0 Å². The fourth-order valence-corrected chi connectivity index (χ4v) is 3.76. The maximum Gasteiger partial charge on any atom is 0.416 e. The van der Waals surface area contributed by atoms with Gasteiger partial charge in [0.05, 0.1) is 18.8 Å². The zero-order valence-electron chi connectivity index (χ0n) is 17.3. The molecule has 2 aliphatic heterocycles. The summed E-state index contributed by atoms with van der Waals surface area (Å²) in [6, 6.07) is 12.1. The molecule has 0 aliphatic carbocycles. The molecule has 0 spiro atoms. The number of halogens is 4. The molecule has 2 aromatic rings. The largest absolute Gasteiger partial charge is 0.450 e. The van der Waals surface area contributed by atoms with Gasteiger partial charge >= 0.3 is 6.18 Å². The molecule has 0 saturated carbocycles. The minimum absolute atomic E-state index is 0.00849. The Hall–Kier alpha value is -2.91. The molecule has 6 nitrogen and oxygen atoms in total. The Bertz CT molecular complexity index is 1030. The molecule has 4 rings (SSSR count). The van der Waals surface area contributed by atoms with Crippen LogP contribution in [0.2, 0.25) is 5.02 Å². The number of rotatable bonds is 6. The van der Waals surface area contributed by atoms with E-state index in [4.69, 9.17) is 16.3 Å². The number of likely N-dealkylation sites (N-methyl/N-ethyl adjacent to an activating group) is 1. The molecular formula is C22H22ClF3N4O2. The van der Waals surface area contributed by atoms with Crippen molar-refractivity contribution in [2.24, 2.45) is 4.99 Å². The van der Waals surface area contributed by atoms with Crippen LogP contribution >= 0.6 is 11.6 Å². The van der Waals surface area contributed by atoms with Crippen LogP contribution in [0.4, 0.5) is 13.2 Å². The van der Waals surface area contributed by atoms with Crippen molar-refractivity contribution in [2.45, 2.75) is 19.1 Å². The molecule has 10 heteroatoms. The van der Waals surface area contributed by atoms with Crippen molar-refractivity contribution >= 4 is 17.4 Å². The summed E-state index contributed by atoms with van der Waals surface area (Å²) in [5, 5.41) is 9.95. The number of aliphatic hydroxyl groups excluding tert-OH is 1. The number of alkyl halides is 3. The van der Waals surface area contributed by atoms with Crippen molar-refractivity contribution in [3.63, 3.8) is 0 Å². The maximum absolute atomic E-state index is 13.1. The number of aliphatic hydroxyl groups is 1. The fraction of sp³-hybridized carbons (Fsp3) is 0.318. The third-order valence-electron chi connectivity index (χ3n) is 5.15. The molecule has 1 N–H and O–H groups in total. The summed E-state index contributed by atoms with van der Waals surface area (Å²) in [7, 11) is 1.86. The molecule has 170 valence electrons. The average molecular weight is 467 g/mol. The molecule has 0 saturated heterocycles. The zero-order valence-corrected chi connectivity index (χ0v) is 18.0. The van der Waals surface area contributed by atoms with Gasteiger partial charge in [0.2, 0.25) is 0 Å². The molecule has 0 aromatic heterocycles. The van der Waals surface area contributed by atoms with Crippen LogP contribution in [0.15, 0.2) is 65.4 Å². The second kappa shape index (κ2) is 8.91. The normalized spacial score (nSPS) is 18.4. The smallest absolute Gasteiger partial charge is 0.416 e. The van der Waals surface area contributed by atoms with Crippen molar-refractivity contribution < 1.29 is 23.0 Å². The summed E-state index contributed by atoms with van der Waals surface area (Å²) in [6.45, 7) is 1.36. The number of nitrogens with zero attached hydrogens (tertiary/aromatic N) is 4. The zero-order chi connectivity index (χ0) is 22.9. The lowest BCUT2D eigenvalue weighted by atomic mass is 10.2. The lowest BCUT2D eigenvalue weighted by Gasteiger charge is -2.35. The van der Waals surface area contributed by atoms with E-state index < -0.39 is 18.1 Å². The van der Waals surface area contributed by atoms with Gasteiger partial charge in [0.15, 0.2) is 5.84 Å². The Kier molecular flexibility index (Phi) is 6.21. The van der Waals surface area contributed by atoms with Gasteiger partial charge in [-0.1, -0.05) is 29.8 Å². The first-order valence-electron chi connectivity index (χ1n) is 9.95. The van der Waals surface area contributed by atoms with E-state index in [0.29, 0.717) is 30.6 Å². The minimum atomic E-state index is -4.47. The SMILES string of the molecule is CN1CN(CCO)C=C2C1=NC(Oc1cccc(C(F)(F)F)c1)N2Cc1ccc(Cl)cc1. The Morgan fingerprint density at radius 3 is 2.62 bits per heavy atom. The Morgan fingerprint density at radius 2 is 1.94 bits per heavy atom. The molecule has 0 fully saturated rings. The summed E-state index contributed by atoms with van der Waals surface area (Å²) in [6.07, 6.45) is -3.43. The number of fused-ring (bicyclic) bond motifs is 1. The van der Waals surface area contributed by atoms with Crippen molar-refractivity contribution in [2.75, 3.05) is 26.9 Å². The first-order valence-corrected chi connectivity index (χ1v) is 10.3. The monoisotopic (exact) mass is 466 g/mol. The highest BCUT2D eigenvalue weighted by molar-refractivity contribution is 6.30. The molecule has 2 aliphatic rings. The van der Waals surface area contributed by atoms with E-state index in [1.54, 1.807) is 12.1 Å². The van der Waals surface area contributed by atoms with Gasteiger partial charge < -0.3 is 24.5 Å². The van der Waals surface area contributed by atoms with Crippen molar-refractivity contribution in [3.8, 4) is 5.75 Å². The second-order valence-corrected chi connectivity index (χ2v) is 8.00. The molecule has 1 unspecified atom stereocenters. The van der Waals surface area contributed by atoms with Gasteiger partial charge in [-0.25, -0.2) is 4.99 Å². The van der Waals surface area contributed by atoms with Crippen LogP contribution in [0.25, 0.3) is 0 Å². The van der Waals surface area contributed by atoms with Crippen LogP contribution in [-0.2, 0) is 12.7 Å². The number of hydrogen-bond donors (Lipinski definition) is 1. The van der Waals surface area contributed by atoms with E-state index in [9.17, 15) is 18.3 Å². The minimum Gasteiger partial charge on any atom is -0.450 e. The lowest BCUT2D eigenvalue weighted by Crippen LogP contribution is -2.45. The van der Waals surface area contributed by atoms with Crippen LogP contribution in [0, 0.1) is 0 Å². The van der Waals surface area contributed by atoms with Gasteiger partial charge in [-0.05, 0) is 35.9 Å². The topological polar surface area (TPSA) is 51.5 Å². The van der Waals surface area contributed by atoms with Crippen LogP contribution < -0.4 is 4.74 Å². The standard InChI is InChI=1S/C22H22ClF3N4O2/c1-28-14-29(9-10-31)13-19-20(28)27-21(30(19)12-15-5-7-17(23)8-6-15)32-18-4-2-3-16(11-18)22(24,25)26/h2-8,11,13,21,31H,9-10,12,14H2,1H3. The molecule has 0 amide bonds. The number of hydrogen-bond acceptors (Lipinski definition) is 6. The van der Waals surface area contributed by atoms with Gasteiger partial charge in [0.25, 0.3) is 6.35 Å². The summed E-state index contributed by atoms with van der Waals surface area (Å²) in [4.78, 5) is 10.4. The molecule has 0 radical (unpaired) electrons. The number of aliphatic imine (C=N–C) groups is 1. The van der Waals surface area contributed by atoms with E-state index in [2.05, 4.69) is 4.99 Å². The third-order valence-corrected chi connectivity index (χ3v) is 5.41. The van der Waals surface area contributed by atoms with E-state index in [1.165, 1.54) is 12.1 Å². The number of amidine groups is 1. The molecule has 0 bridgehead atoms. The lowest BCUT2D eigenvalue weighted by molar-refractivity contribution is -0.137. The van der Waals surface area contributed by atoms with Crippen LogP contribution in [0.5, 0.6) is 5.75 Å². The predicted molar refractivity (Wildman–Crippen MR) is 115 cm³/mol. The highest BCUT2D eigenvalue weighted by Crippen LogP contribution is 2.34. The molecule has 2 heterocycles. The van der Waals surface area contributed by atoms with E-state index in [0.717, 1.165) is 23.4 Å². The Labute approximate surface area is 188 Å². The van der Waals surface area contributed by atoms with Crippen LogP contribution in [0.1, 0.15) is 11.1 Å². The van der Waals surface area contributed by atoms with Gasteiger partial charge in [0.1, 0.15) is 11.4 Å². The predicted octanol–water partition coefficient (Wildman–Crippen LogP) is 3.97. The van der Waals surface area contributed by atoms with Crippen LogP contribution in [-0.4, -0.2) is 58.9 Å². The van der Waals surface area contributed by atoms with Gasteiger partial charge in [-0.15, -0.1) is 0 Å². The summed E-state index contributed by atoms with van der Waals surface area (Å²) in [5.41, 5.74) is 0.915. The van der Waals surface area contributed by atoms with Gasteiger partial charge in [0, 0.05) is 31.4 Å². The molecule has 1 atom stereocenters. The average Bonchev–Trinajstić information content (AvgIpc) is 3.07. The first kappa shape index (κ1) is 22.3. The summed E-state index contributed by atoms with van der Waals surface area (Å²) < 4.78 is 45.4. The number of β-amino-alcohol motifs (C(OH)–C–C–N with tert-alkyl or cyclic N) is 1. The summed E-state index contributed by atoms with van der Waals surface area (Å²) >= 11 is 6.00. The number of ether oxygens (including phenoxy) is 1. The molecule has 2 aromatic carbocycles. The number of benzene rings is 2. The highest BCUT2D eigenvalue weighted by Gasteiger charge is 2.38. The fourth-order valence-electron chi connectivity index (χ4n) is 3.64. The van der Waals surface area contributed by atoms with E-state index in [-0.39, 0.29) is 12.4 Å². The maximum atomic E-state index is 13.1. The van der Waals surface area contributed by atoms with Gasteiger partial charge in [-0.3, -0.25) is 0 Å². The Balaban J connectivity index is 1.66. The van der Waals surface area contributed by atoms with E-state index >= 15 is 0 Å². The first-order chi connectivity index (χ1) is 15.2. The van der Waals surface area contributed by atoms with Gasteiger partial charge in [-0.2, -0.15) is 13.2 Å². The third kappa shape index (κ3) is 4.78. The second-order valence-electron chi connectivity index (χ2n) is 7.57.